The molecule has 1 saturated heterocycles. The van der Waals surface area contributed by atoms with Gasteiger partial charge in [0.15, 0.2) is 0 Å². The molecule has 1 heterocycles. The number of hydrogen-bond donors (Lipinski definition) is 2. The first-order chi connectivity index (χ1) is 8.20. The minimum atomic E-state index is -0.227. The lowest BCUT2D eigenvalue weighted by molar-refractivity contribution is -0.117. The summed E-state index contributed by atoms with van der Waals surface area (Å²) in [7, 11) is 0. The highest BCUT2D eigenvalue weighted by atomic mass is 35.5. The van der Waals surface area contributed by atoms with Crippen molar-refractivity contribution >= 4 is 35.6 Å². The van der Waals surface area contributed by atoms with Gasteiger partial charge in [0.05, 0.1) is 6.54 Å². The number of rotatable bonds is 3. The molecule has 2 rings (SSSR count). The first-order valence-electron chi connectivity index (χ1n) is 5.61. The van der Waals surface area contributed by atoms with Crippen molar-refractivity contribution in [2.75, 3.05) is 23.3 Å². The third kappa shape index (κ3) is 3.21. The maximum atomic E-state index is 11.5. The molecular formula is C12H16ClN3O2. The van der Waals surface area contributed by atoms with Crippen molar-refractivity contribution in [1.82, 2.24) is 0 Å². The zero-order valence-corrected chi connectivity index (χ0v) is 10.7. The van der Waals surface area contributed by atoms with E-state index in [1.165, 1.54) is 0 Å². The van der Waals surface area contributed by atoms with Gasteiger partial charge in [0.2, 0.25) is 11.8 Å². The molecule has 0 atom stereocenters. The molecule has 1 fully saturated rings. The number of carbonyl (C=O) groups excluding carboxylic acids is 2. The van der Waals surface area contributed by atoms with Crippen LogP contribution in [-0.4, -0.2) is 24.9 Å². The number of nitrogens with zero attached hydrogens (tertiary/aromatic N) is 1. The van der Waals surface area contributed by atoms with E-state index in [0.717, 1.165) is 18.7 Å². The van der Waals surface area contributed by atoms with Gasteiger partial charge in [-0.05, 0) is 30.7 Å². The largest absolute Gasteiger partial charge is 0.325 e. The Bertz CT molecular complexity index is 433. The number of carbonyl (C=O) groups is 2. The van der Waals surface area contributed by atoms with E-state index in [-0.39, 0.29) is 30.8 Å². The van der Waals surface area contributed by atoms with Crippen LogP contribution in [-0.2, 0) is 9.59 Å². The van der Waals surface area contributed by atoms with Crippen LogP contribution in [0.15, 0.2) is 24.3 Å². The monoisotopic (exact) mass is 269 g/mol. The van der Waals surface area contributed by atoms with Crippen LogP contribution in [0.25, 0.3) is 0 Å². The van der Waals surface area contributed by atoms with E-state index in [4.69, 9.17) is 5.73 Å². The molecule has 0 radical (unpaired) electrons. The second-order valence-electron chi connectivity index (χ2n) is 3.95. The Morgan fingerprint density at radius 2 is 2.00 bits per heavy atom. The Hall–Kier alpha value is -1.59. The zero-order chi connectivity index (χ0) is 12.3. The Labute approximate surface area is 112 Å². The lowest BCUT2D eigenvalue weighted by Crippen LogP contribution is -2.24. The molecule has 0 bridgehead atoms. The molecule has 6 heteroatoms. The molecule has 1 aliphatic rings. The van der Waals surface area contributed by atoms with E-state index in [2.05, 4.69) is 5.32 Å². The lowest BCUT2D eigenvalue weighted by Gasteiger charge is -2.16. The number of anilines is 2. The van der Waals surface area contributed by atoms with Gasteiger partial charge >= 0.3 is 0 Å². The normalized spacial score (nSPS) is 14.3. The number of hydrogen-bond acceptors (Lipinski definition) is 3. The van der Waals surface area contributed by atoms with Crippen LogP contribution in [0.4, 0.5) is 11.4 Å². The number of nitrogens with two attached hydrogens (primary N) is 1. The smallest absolute Gasteiger partial charge is 0.238 e. The van der Waals surface area contributed by atoms with Gasteiger partial charge in [0, 0.05) is 24.3 Å². The Morgan fingerprint density at radius 1 is 1.33 bits per heavy atom. The highest BCUT2D eigenvalue weighted by molar-refractivity contribution is 5.96. The second kappa shape index (κ2) is 6.37. The summed E-state index contributed by atoms with van der Waals surface area (Å²) >= 11 is 0. The summed E-state index contributed by atoms with van der Waals surface area (Å²) < 4.78 is 0. The van der Waals surface area contributed by atoms with Gasteiger partial charge in [0.25, 0.3) is 0 Å². The highest BCUT2D eigenvalue weighted by Gasteiger charge is 2.21. The molecule has 2 amide bonds. The van der Waals surface area contributed by atoms with Crippen molar-refractivity contribution in [2.24, 2.45) is 5.73 Å². The Morgan fingerprint density at radius 3 is 2.50 bits per heavy atom. The molecule has 98 valence electrons. The second-order valence-corrected chi connectivity index (χ2v) is 3.95. The minimum absolute atomic E-state index is 0. The summed E-state index contributed by atoms with van der Waals surface area (Å²) in [6, 6.07) is 7.20. The van der Waals surface area contributed by atoms with E-state index in [0.29, 0.717) is 12.1 Å². The molecule has 0 unspecified atom stereocenters. The fraction of sp³-hybridized carbons (Fsp3) is 0.333. The summed E-state index contributed by atoms with van der Waals surface area (Å²) in [5.74, 6) is -0.0706. The Balaban J connectivity index is 0.00000162. The molecule has 3 N–H and O–H groups in total. The molecule has 0 aromatic heterocycles. The quantitative estimate of drug-likeness (QED) is 0.864. The standard InChI is InChI=1S/C12H15N3O2.ClH/c13-8-11(16)14-9-3-5-10(6-4-9)15-7-1-2-12(15)17;/h3-6H,1-2,7-8,13H2,(H,14,16);1H. The highest BCUT2D eigenvalue weighted by Crippen LogP contribution is 2.22. The molecule has 1 aromatic carbocycles. The van der Waals surface area contributed by atoms with Crippen LogP contribution in [0.3, 0.4) is 0 Å². The SMILES string of the molecule is Cl.NCC(=O)Nc1ccc(N2CCCC2=O)cc1. The summed E-state index contributed by atoms with van der Waals surface area (Å²) in [5.41, 5.74) is 6.77. The predicted molar refractivity (Wildman–Crippen MR) is 73.0 cm³/mol. The molecule has 18 heavy (non-hydrogen) atoms. The Kier molecular flexibility index (Phi) is 5.12. The molecule has 5 nitrogen and oxygen atoms in total. The van der Waals surface area contributed by atoms with E-state index < -0.39 is 0 Å². The number of halogens is 1. The van der Waals surface area contributed by atoms with Crippen LogP contribution < -0.4 is 16.0 Å². The van der Waals surface area contributed by atoms with Crippen LogP contribution >= 0.6 is 12.4 Å². The maximum absolute atomic E-state index is 11.5. The third-order valence-electron chi connectivity index (χ3n) is 2.72. The van der Waals surface area contributed by atoms with Gasteiger partial charge in [-0.25, -0.2) is 0 Å². The van der Waals surface area contributed by atoms with Crippen molar-refractivity contribution < 1.29 is 9.59 Å². The predicted octanol–water partition coefficient (Wildman–Crippen LogP) is 1.13. The van der Waals surface area contributed by atoms with Crippen LogP contribution in [0, 0.1) is 0 Å². The molecule has 1 aliphatic heterocycles. The summed E-state index contributed by atoms with van der Waals surface area (Å²) in [4.78, 5) is 24.4. The van der Waals surface area contributed by atoms with E-state index in [9.17, 15) is 9.59 Å². The molecule has 0 spiro atoms. The van der Waals surface area contributed by atoms with Gasteiger partial charge in [-0.15, -0.1) is 12.4 Å². The van der Waals surface area contributed by atoms with Gasteiger partial charge in [0.1, 0.15) is 0 Å². The molecule has 0 saturated carbocycles. The fourth-order valence-electron chi connectivity index (χ4n) is 1.86. The number of amides is 2. The van der Waals surface area contributed by atoms with Gasteiger partial charge in [-0.3, -0.25) is 9.59 Å². The summed E-state index contributed by atoms with van der Waals surface area (Å²) in [6.07, 6.45) is 1.52. The van der Waals surface area contributed by atoms with E-state index >= 15 is 0 Å². The van der Waals surface area contributed by atoms with Crippen LogP contribution in [0.2, 0.25) is 0 Å². The maximum Gasteiger partial charge on any atom is 0.238 e. The van der Waals surface area contributed by atoms with Crippen molar-refractivity contribution in [3.63, 3.8) is 0 Å². The average molecular weight is 270 g/mol. The number of benzene rings is 1. The summed E-state index contributed by atoms with van der Waals surface area (Å²) in [5, 5.41) is 2.65. The van der Waals surface area contributed by atoms with Crippen molar-refractivity contribution in [3.8, 4) is 0 Å². The van der Waals surface area contributed by atoms with Crippen molar-refractivity contribution in [3.05, 3.63) is 24.3 Å². The van der Waals surface area contributed by atoms with Crippen molar-refractivity contribution in [2.45, 2.75) is 12.8 Å². The third-order valence-corrected chi connectivity index (χ3v) is 2.72. The number of nitrogens with one attached hydrogen (secondary N) is 1. The fourth-order valence-corrected chi connectivity index (χ4v) is 1.86. The van der Waals surface area contributed by atoms with Gasteiger partial charge in [-0.1, -0.05) is 0 Å². The average Bonchev–Trinajstić information content (AvgIpc) is 2.76. The molecule has 0 aliphatic carbocycles. The van der Waals surface area contributed by atoms with Gasteiger partial charge < -0.3 is 16.0 Å². The summed E-state index contributed by atoms with van der Waals surface area (Å²) in [6.45, 7) is 0.736. The topological polar surface area (TPSA) is 75.4 Å². The molecular weight excluding hydrogens is 254 g/mol. The van der Waals surface area contributed by atoms with Crippen LogP contribution in [0.1, 0.15) is 12.8 Å². The van der Waals surface area contributed by atoms with Crippen molar-refractivity contribution in [1.29, 1.82) is 0 Å². The van der Waals surface area contributed by atoms with Gasteiger partial charge in [-0.2, -0.15) is 0 Å². The minimum Gasteiger partial charge on any atom is -0.325 e. The lowest BCUT2D eigenvalue weighted by atomic mass is 10.2. The first-order valence-corrected chi connectivity index (χ1v) is 5.61. The zero-order valence-electron chi connectivity index (χ0n) is 9.89. The van der Waals surface area contributed by atoms with E-state index in [1.807, 2.05) is 12.1 Å². The van der Waals surface area contributed by atoms with E-state index in [1.54, 1.807) is 17.0 Å². The first kappa shape index (κ1) is 14.5. The molecule has 1 aromatic rings. The van der Waals surface area contributed by atoms with Crippen LogP contribution in [0.5, 0.6) is 0 Å².